The van der Waals surface area contributed by atoms with E-state index in [2.05, 4.69) is 10.3 Å². The summed E-state index contributed by atoms with van der Waals surface area (Å²) in [5.41, 5.74) is 3.25. The largest absolute Gasteiger partial charge is 0.493 e. The number of hydrogen-bond acceptors (Lipinski definition) is 12. The number of ether oxygens (including phenoxy) is 6. The molecule has 1 N–H and O–H groups in total. The minimum absolute atomic E-state index is 0.128. The Morgan fingerprint density at radius 1 is 0.760 bits per heavy atom. The average molecular weight is 686 g/mol. The van der Waals surface area contributed by atoms with Crippen LogP contribution in [0.4, 0.5) is 5.69 Å². The number of allylic oxidation sites excluding steroid dienone is 2. The number of carbonyl (C=O) groups is 2. The topological polar surface area (TPSA) is 158 Å². The molecule has 0 saturated carbocycles. The number of dihydropyridines is 1. The second-order valence-electron chi connectivity index (χ2n) is 11.0. The van der Waals surface area contributed by atoms with Crippen molar-refractivity contribution in [2.45, 2.75) is 26.2 Å². The van der Waals surface area contributed by atoms with E-state index in [1.165, 1.54) is 32.4 Å². The smallest absolute Gasteiger partial charge is 0.336 e. The van der Waals surface area contributed by atoms with Gasteiger partial charge in [-0.3, -0.25) is 15.1 Å². The Balaban J connectivity index is 0.000000225. The molecule has 5 rings (SSSR count). The molecule has 0 spiro atoms. The van der Waals surface area contributed by atoms with Gasteiger partial charge in [0, 0.05) is 41.0 Å². The standard InChI is InChI=1S/C20H21NO4.C17H18N2O6/c1-22-17-6-5-13(10-18(17)23-2)9-16-15-12-20(25-4)19(24-3)11-14(15)7-8-21-16;1-9-13(16(20)24-3)15(14(10(2)18-9)17(21)25-4)11-7-5-6-8-12(11)19(22)23/h5-8,10-12H,9H2,1-4H3;5-8,15,18H,1-4H3. The number of nitro groups is 1. The van der Waals surface area contributed by atoms with Gasteiger partial charge in [0.1, 0.15) is 0 Å². The minimum atomic E-state index is -0.970. The van der Waals surface area contributed by atoms with Gasteiger partial charge in [-0.2, -0.15) is 0 Å². The van der Waals surface area contributed by atoms with Crippen LogP contribution in [-0.2, 0) is 25.5 Å². The number of rotatable bonds is 10. The molecular formula is C37H39N3O10. The SMILES string of the molecule is COC(=O)C1=C(C)NC(C)=C(C(=O)OC)C1c1ccccc1[N+](=O)[O-].COc1ccc(Cc2nccc3cc(OC)c(OC)cc23)cc1OC. The van der Waals surface area contributed by atoms with Crippen LogP contribution in [0.2, 0.25) is 0 Å². The van der Waals surface area contributed by atoms with Crippen LogP contribution in [-0.4, -0.2) is 64.5 Å². The van der Waals surface area contributed by atoms with Gasteiger partial charge in [0.2, 0.25) is 0 Å². The third-order valence-electron chi connectivity index (χ3n) is 8.19. The Labute approximate surface area is 289 Å². The Bertz CT molecular complexity index is 1950. The van der Waals surface area contributed by atoms with Crippen LogP contribution in [0.15, 0.2) is 89.4 Å². The Kier molecular flexibility index (Phi) is 12.0. The molecule has 50 heavy (non-hydrogen) atoms. The third-order valence-corrected chi connectivity index (χ3v) is 8.19. The molecule has 0 unspecified atom stereocenters. The van der Waals surface area contributed by atoms with E-state index in [1.807, 2.05) is 42.6 Å². The van der Waals surface area contributed by atoms with Gasteiger partial charge in [0.25, 0.3) is 5.69 Å². The molecular weight excluding hydrogens is 646 g/mol. The first-order valence-corrected chi connectivity index (χ1v) is 15.3. The van der Waals surface area contributed by atoms with Crippen molar-refractivity contribution in [2.75, 3.05) is 42.7 Å². The number of nitro benzene ring substituents is 1. The van der Waals surface area contributed by atoms with Crippen LogP contribution in [0.5, 0.6) is 23.0 Å². The number of nitrogens with one attached hydrogen (secondary N) is 1. The number of esters is 2. The summed E-state index contributed by atoms with van der Waals surface area (Å²) in [5.74, 6) is 0.490. The molecule has 1 aliphatic rings. The second kappa shape index (κ2) is 16.3. The molecule has 4 aromatic rings. The van der Waals surface area contributed by atoms with E-state index < -0.39 is 22.8 Å². The van der Waals surface area contributed by atoms with Gasteiger partial charge in [0.15, 0.2) is 23.0 Å². The lowest BCUT2D eigenvalue weighted by molar-refractivity contribution is -0.385. The lowest BCUT2D eigenvalue weighted by Crippen LogP contribution is -2.32. The first-order valence-electron chi connectivity index (χ1n) is 15.3. The summed E-state index contributed by atoms with van der Waals surface area (Å²) in [5, 5.41) is 16.5. The number of para-hydroxylation sites is 1. The van der Waals surface area contributed by atoms with Crippen molar-refractivity contribution in [3.8, 4) is 23.0 Å². The van der Waals surface area contributed by atoms with E-state index >= 15 is 0 Å². The summed E-state index contributed by atoms with van der Waals surface area (Å²) in [7, 11) is 8.95. The maximum atomic E-state index is 12.3. The van der Waals surface area contributed by atoms with Crippen molar-refractivity contribution in [1.29, 1.82) is 0 Å². The number of pyridine rings is 1. The molecule has 0 bridgehead atoms. The molecule has 1 aromatic heterocycles. The molecule has 13 heteroatoms. The first kappa shape index (κ1) is 36.7. The zero-order chi connectivity index (χ0) is 36.5. The number of benzene rings is 3. The molecule has 262 valence electrons. The number of methoxy groups -OCH3 is 6. The van der Waals surface area contributed by atoms with Gasteiger partial charge in [0.05, 0.1) is 70.3 Å². The number of carbonyl (C=O) groups excluding carboxylic acids is 2. The van der Waals surface area contributed by atoms with Crippen LogP contribution in [0, 0.1) is 10.1 Å². The van der Waals surface area contributed by atoms with E-state index in [0.29, 0.717) is 40.8 Å². The van der Waals surface area contributed by atoms with Gasteiger partial charge in [-0.25, -0.2) is 9.59 Å². The summed E-state index contributed by atoms with van der Waals surface area (Å²) in [6.45, 7) is 3.29. The van der Waals surface area contributed by atoms with Crippen molar-refractivity contribution in [3.05, 3.63) is 116 Å². The molecule has 3 aromatic carbocycles. The predicted molar refractivity (Wildman–Crippen MR) is 186 cm³/mol. The Morgan fingerprint density at radius 3 is 1.88 bits per heavy atom. The van der Waals surface area contributed by atoms with Crippen molar-refractivity contribution < 1.29 is 42.9 Å². The Hall–Kier alpha value is -6.11. The quantitative estimate of drug-likeness (QED) is 0.118. The van der Waals surface area contributed by atoms with Crippen molar-refractivity contribution in [3.63, 3.8) is 0 Å². The number of aromatic nitrogens is 1. The minimum Gasteiger partial charge on any atom is -0.493 e. The van der Waals surface area contributed by atoms with Gasteiger partial charge >= 0.3 is 11.9 Å². The highest BCUT2D eigenvalue weighted by atomic mass is 16.6. The maximum Gasteiger partial charge on any atom is 0.336 e. The van der Waals surface area contributed by atoms with E-state index in [1.54, 1.807) is 48.4 Å². The monoisotopic (exact) mass is 685 g/mol. The molecule has 0 saturated heterocycles. The van der Waals surface area contributed by atoms with Crippen LogP contribution in [0.25, 0.3) is 10.8 Å². The lowest BCUT2D eigenvalue weighted by Gasteiger charge is -2.29. The molecule has 0 atom stereocenters. The number of nitrogens with zero attached hydrogens (tertiary/aromatic N) is 2. The lowest BCUT2D eigenvalue weighted by atomic mass is 9.79. The molecule has 0 fully saturated rings. The van der Waals surface area contributed by atoms with Crippen molar-refractivity contribution in [2.24, 2.45) is 0 Å². The zero-order valence-electron chi connectivity index (χ0n) is 29.1. The van der Waals surface area contributed by atoms with Gasteiger partial charge in [-0.05, 0) is 55.1 Å². The molecule has 13 nitrogen and oxygen atoms in total. The normalized spacial score (nSPS) is 12.7. The molecule has 0 aliphatic carbocycles. The fraction of sp³-hybridized carbons (Fsp3) is 0.270. The van der Waals surface area contributed by atoms with E-state index in [4.69, 9.17) is 28.4 Å². The van der Waals surface area contributed by atoms with Gasteiger partial charge in [-0.1, -0.05) is 24.3 Å². The summed E-state index contributed by atoms with van der Waals surface area (Å²) in [6.07, 6.45) is 2.48. The summed E-state index contributed by atoms with van der Waals surface area (Å²) >= 11 is 0. The van der Waals surface area contributed by atoms with Crippen molar-refractivity contribution >= 4 is 28.4 Å². The van der Waals surface area contributed by atoms with Gasteiger partial charge < -0.3 is 33.7 Å². The predicted octanol–water partition coefficient (Wildman–Crippen LogP) is 6.04. The summed E-state index contributed by atoms with van der Waals surface area (Å²) in [4.78, 5) is 40.1. The third kappa shape index (κ3) is 7.62. The van der Waals surface area contributed by atoms with Crippen LogP contribution in [0.1, 0.15) is 36.6 Å². The number of hydrogen-bond donors (Lipinski definition) is 1. The van der Waals surface area contributed by atoms with E-state index in [9.17, 15) is 19.7 Å². The van der Waals surface area contributed by atoms with Crippen LogP contribution in [0.3, 0.4) is 0 Å². The van der Waals surface area contributed by atoms with E-state index in [-0.39, 0.29) is 22.4 Å². The molecule has 0 radical (unpaired) electrons. The van der Waals surface area contributed by atoms with E-state index in [0.717, 1.165) is 22.0 Å². The fourth-order valence-corrected chi connectivity index (χ4v) is 5.85. The molecule has 0 amide bonds. The average Bonchev–Trinajstić information content (AvgIpc) is 3.13. The highest BCUT2D eigenvalue weighted by Crippen LogP contribution is 2.42. The summed E-state index contributed by atoms with van der Waals surface area (Å²) < 4.78 is 31.1. The molecule has 2 heterocycles. The second-order valence-corrected chi connectivity index (χ2v) is 11.0. The van der Waals surface area contributed by atoms with Crippen LogP contribution >= 0.6 is 0 Å². The molecule has 1 aliphatic heterocycles. The van der Waals surface area contributed by atoms with Gasteiger partial charge in [-0.15, -0.1) is 0 Å². The maximum absolute atomic E-state index is 12.3. The highest BCUT2D eigenvalue weighted by molar-refractivity contribution is 6.00. The highest BCUT2D eigenvalue weighted by Gasteiger charge is 2.40. The van der Waals surface area contributed by atoms with Crippen LogP contribution < -0.4 is 24.3 Å². The first-order chi connectivity index (χ1) is 24.0. The summed E-state index contributed by atoms with van der Waals surface area (Å²) in [6, 6.07) is 17.8. The Morgan fingerprint density at radius 2 is 1.32 bits per heavy atom. The zero-order valence-corrected chi connectivity index (χ0v) is 29.1. The fourth-order valence-electron chi connectivity index (χ4n) is 5.85. The number of fused-ring (bicyclic) bond motifs is 1. The van der Waals surface area contributed by atoms with Crippen molar-refractivity contribution in [1.82, 2.24) is 10.3 Å².